The third-order valence-corrected chi connectivity index (χ3v) is 2.91. The van der Waals surface area contributed by atoms with E-state index in [4.69, 9.17) is 10.9 Å². The van der Waals surface area contributed by atoms with Gasteiger partial charge in [-0.15, -0.1) is 0 Å². The fraction of sp³-hybridized carbons (Fsp3) is 0.900. The van der Waals surface area contributed by atoms with Crippen LogP contribution in [0.3, 0.4) is 0 Å². The summed E-state index contributed by atoms with van der Waals surface area (Å²) in [6, 6.07) is 0.896. The maximum absolute atomic E-state index is 8.50. The lowest BCUT2D eigenvalue weighted by atomic mass is 10.1. The Labute approximate surface area is 86.8 Å². The minimum atomic E-state index is 0.312. The van der Waals surface area contributed by atoms with Crippen LogP contribution in [0, 0.1) is 0 Å². The molecular formula is C10H23N3O. The first-order chi connectivity index (χ1) is 6.56. The second-order valence-electron chi connectivity index (χ2n) is 3.78. The lowest BCUT2D eigenvalue weighted by Crippen LogP contribution is -2.40. The fourth-order valence-electron chi connectivity index (χ4n) is 1.51. The molecule has 0 aliphatic rings. The third kappa shape index (κ3) is 3.96. The quantitative estimate of drug-likeness (QED) is 0.297. The van der Waals surface area contributed by atoms with Gasteiger partial charge in [-0.25, -0.2) is 0 Å². The standard InChI is InChI=1S/C10H23N3O/c1-5-8(3)13(4)9(6-2)7-10(11)12-14/h8-9,14H,5-7H2,1-4H3,(H2,11,12). The maximum atomic E-state index is 8.50. The molecule has 0 aliphatic carbocycles. The normalized spacial score (nSPS) is 17.1. The van der Waals surface area contributed by atoms with E-state index in [0.29, 0.717) is 24.3 Å². The fourth-order valence-corrected chi connectivity index (χ4v) is 1.51. The zero-order valence-corrected chi connectivity index (χ0v) is 9.70. The summed E-state index contributed by atoms with van der Waals surface area (Å²) in [5, 5.41) is 11.5. The number of amidine groups is 1. The molecule has 0 aliphatic heterocycles. The summed E-state index contributed by atoms with van der Waals surface area (Å²) in [4.78, 5) is 2.29. The molecule has 0 aromatic carbocycles. The molecule has 0 fully saturated rings. The molecule has 0 aromatic rings. The monoisotopic (exact) mass is 201 g/mol. The van der Waals surface area contributed by atoms with Gasteiger partial charge in [-0.05, 0) is 26.8 Å². The number of oxime groups is 1. The van der Waals surface area contributed by atoms with E-state index in [-0.39, 0.29) is 0 Å². The van der Waals surface area contributed by atoms with Crippen LogP contribution < -0.4 is 5.73 Å². The summed E-state index contributed by atoms with van der Waals surface area (Å²) in [6.45, 7) is 6.47. The third-order valence-electron chi connectivity index (χ3n) is 2.91. The molecule has 0 saturated carbocycles. The topological polar surface area (TPSA) is 61.8 Å². The lowest BCUT2D eigenvalue weighted by molar-refractivity contribution is 0.177. The molecule has 2 unspecified atom stereocenters. The summed E-state index contributed by atoms with van der Waals surface area (Å²) in [5.74, 6) is 0.312. The van der Waals surface area contributed by atoms with Gasteiger partial charge in [0.2, 0.25) is 0 Å². The van der Waals surface area contributed by atoms with Gasteiger partial charge in [0.15, 0.2) is 0 Å². The van der Waals surface area contributed by atoms with E-state index in [2.05, 4.69) is 37.9 Å². The molecule has 0 bridgehead atoms. The van der Waals surface area contributed by atoms with Crippen molar-refractivity contribution in [3.8, 4) is 0 Å². The highest BCUT2D eigenvalue weighted by molar-refractivity contribution is 5.80. The minimum absolute atomic E-state index is 0.312. The van der Waals surface area contributed by atoms with E-state index in [1.807, 2.05) is 0 Å². The summed E-state index contributed by atoms with van der Waals surface area (Å²) in [7, 11) is 2.09. The van der Waals surface area contributed by atoms with Gasteiger partial charge in [0.25, 0.3) is 0 Å². The predicted octanol–water partition coefficient (Wildman–Crippen LogP) is 1.63. The average Bonchev–Trinajstić information content (AvgIpc) is 2.23. The van der Waals surface area contributed by atoms with Gasteiger partial charge in [0.05, 0.1) is 0 Å². The molecule has 14 heavy (non-hydrogen) atoms. The Kier molecular flexibility index (Phi) is 6.28. The number of rotatable bonds is 6. The van der Waals surface area contributed by atoms with Gasteiger partial charge < -0.3 is 15.8 Å². The Morgan fingerprint density at radius 1 is 1.43 bits per heavy atom. The van der Waals surface area contributed by atoms with Crippen LogP contribution in [0.15, 0.2) is 5.16 Å². The van der Waals surface area contributed by atoms with Crippen molar-refractivity contribution in [2.24, 2.45) is 10.9 Å². The van der Waals surface area contributed by atoms with Crippen molar-refractivity contribution in [2.75, 3.05) is 7.05 Å². The zero-order valence-electron chi connectivity index (χ0n) is 9.70. The van der Waals surface area contributed by atoms with E-state index in [1.54, 1.807) is 0 Å². The first-order valence-electron chi connectivity index (χ1n) is 5.25. The van der Waals surface area contributed by atoms with Gasteiger partial charge in [-0.2, -0.15) is 0 Å². The van der Waals surface area contributed by atoms with Gasteiger partial charge in [0, 0.05) is 18.5 Å². The Morgan fingerprint density at radius 3 is 2.36 bits per heavy atom. The van der Waals surface area contributed by atoms with E-state index in [1.165, 1.54) is 0 Å². The van der Waals surface area contributed by atoms with Crippen molar-refractivity contribution in [1.82, 2.24) is 4.90 Å². The smallest absolute Gasteiger partial charge is 0.140 e. The van der Waals surface area contributed by atoms with Crippen LogP contribution >= 0.6 is 0 Å². The van der Waals surface area contributed by atoms with Crippen LogP contribution in [-0.4, -0.2) is 35.1 Å². The molecule has 0 spiro atoms. The largest absolute Gasteiger partial charge is 0.409 e. The van der Waals surface area contributed by atoms with Crippen LogP contribution in [0.5, 0.6) is 0 Å². The highest BCUT2D eigenvalue weighted by Gasteiger charge is 2.18. The van der Waals surface area contributed by atoms with E-state index < -0.39 is 0 Å². The van der Waals surface area contributed by atoms with Crippen molar-refractivity contribution >= 4 is 5.84 Å². The van der Waals surface area contributed by atoms with Crippen LogP contribution in [0.1, 0.15) is 40.0 Å². The van der Waals surface area contributed by atoms with Gasteiger partial charge >= 0.3 is 0 Å². The van der Waals surface area contributed by atoms with Crippen molar-refractivity contribution in [3.05, 3.63) is 0 Å². The number of nitrogens with zero attached hydrogens (tertiary/aromatic N) is 2. The molecule has 2 atom stereocenters. The summed E-state index contributed by atoms with van der Waals surface area (Å²) < 4.78 is 0. The molecule has 3 N–H and O–H groups in total. The Bertz CT molecular complexity index is 182. The van der Waals surface area contributed by atoms with E-state index in [9.17, 15) is 0 Å². The Hall–Kier alpha value is -0.770. The van der Waals surface area contributed by atoms with Crippen LogP contribution in [0.25, 0.3) is 0 Å². The van der Waals surface area contributed by atoms with Crippen LogP contribution in [0.2, 0.25) is 0 Å². The number of nitrogens with two attached hydrogens (primary N) is 1. The predicted molar refractivity (Wildman–Crippen MR) is 59.6 cm³/mol. The number of hydrogen-bond donors (Lipinski definition) is 2. The zero-order chi connectivity index (χ0) is 11.1. The highest BCUT2D eigenvalue weighted by Crippen LogP contribution is 2.12. The molecule has 0 rings (SSSR count). The second-order valence-corrected chi connectivity index (χ2v) is 3.78. The molecule has 4 nitrogen and oxygen atoms in total. The highest BCUT2D eigenvalue weighted by atomic mass is 16.4. The SMILES string of the molecule is CCC(C)N(C)C(CC)C/C(N)=N/O. The molecule has 0 heterocycles. The Morgan fingerprint density at radius 2 is 2.00 bits per heavy atom. The van der Waals surface area contributed by atoms with Gasteiger partial charge in [-0.3, -0.25) is 0 Å². The molecule has 0 amide bonds. The van der Waals surface area contributed by atoms with Crippen LogP contribution in [0.4, 0.5) is 0 Å². The van der Waals surface area contributed by atoms with Gasteiger partial charge in [0.1, 0.15) is 5.84 Å². The number of hydrogen-bond acceptors (Lipinski definition) is 3. The molecular weight excluding hydrogens is 178 g/mol. The first-order valence-corrected chi connectivity index (χ1v) is 5.25. The van der Waals surface area contributed by atoms with Crippen molar-refractivity contribution in [3.63, 3.8) is 0 Å². The van der Waals surface area contributed by atoms with Crippen molar-refractivity contribution in [1.29, 1.82) is 0 Å². The molecule has 0 saturated heterocycles. The van der Waals surface area contributed by atoms with Crippen molar-refractivity contribution in [2.45, 2.75) is 52.1 Å². The van der Waals surface area contributed by atoms with Gasteiger partial charge in [-0.1, -0.05) is 19.0 Å². The summed E-state index contributed by atoms with van der Waals surface area (Å²) >= 11 is 0. The first kappa shape index (κ1) is 13.2. The molecule has 0 radical (unpaired) electrons. The molecule has 4 heteroatoms. The summed E-state index contributed by atoms with van der Waals surface area (Å²) in [5.41, 5.74) is 5.50. The maximum Gasteiger partial charge on any atom is 0.140 e. The van der Waals surface area contributed by atoms with Crippen LogP contribution in [-0.2, 0) is 0 Å². The average molecular weight is 201 g/mol. The van der Waals surface area contributed by atoms with E-state index >= 15 is 0 Å². The summed E-state index contributed by atoms with van der Waals surface area (Å²) in [6.07, 6.45) is 2.76. The molecule has 84 valence electrons. The van der Waals surface area contributed by atoms with E-state index in [0.717, 1.165) is 12.8 Å². The van der Waals surface area contributed by atoms with Crippen molar-refractivity contribution < 1.29 is 5.21 Å². The Balaban J connectivity index is 4.25. The lowest BCUT2D eigenvalue weighted by Gasteiger charge is -2.31. The minimum Gasteiger partial charge on any atom is -0.409 e. The molecule has 0 aromatic heterocycles. The second kappa shape index (κ2) is 6.65.